The molecule has 13 heteroatoms. The standard InChI is InChI=1S/C29H36F4N2O6S/c1-2-42(38,39)25-9-5-19(6-10-25)26(17-36)34-27(37)20-3-7-21(8-4-20)35-16-24(15-22(35)18-40-28(30)31)41-23-11-13-29(32,33)14-12-23/h3-10,22-24,26,28,36H,2,11-18H2,1H3,(H,34,37)/t22-,24?,26-/m0/s1. The predicted octanol–water partition coefficient (Wildman–Crippen LogP) is 4.72. The fraction of sp³-hybridized carbons (Fsp3) is 0.552. The van der Waals surface area contributed by atoms with E-state index in [1.165, 1.54) is 12.1 Å². The van der Waals surface area contributed by atoms with Gasteiger partial charge in [-0.05, 0) is 61.2 Å². The van der Waals surface area contributed by atoms with Crippen molar-refractivity contribution >= 4 is 21.4 Å². The monoisotopic (exact) mass is 616 g/mol. The van der Waals surface area contributed by atoms with E-state index in [0.29, 0.717) is 24.2 Å². The van der Waals surface area contributed by atoms with E-state index < -0.39 is 47.0 Å². The topological polar surface area (TPSA) is 105 Å². The third kappa shape index (κ3) is 8.21. The zero-order valence-corrected chi connectivity index (χ0v) is 24.0. The molecule has 2 N–H and O–H groups in total. The van der Waals surface area contributed by atoms with E-state index >= 15 is 0 Å². The summed E-state index contributed by atoms with van der Waals surface area (Å²) < 4.78 is 87.5. The summed E-state index contributed by atoms with van der Waals surface area (Å²) >= 11 is 0. The van der Waals surface area contributed by atoms with Crippen molar-refractivity contribution in [2.75, 3.05) is 30.4 Å². The minimum absolute atomic E-state index is 0.0460. The van der Waals surface area contributed by atoms with Crippen LogP contribution in [0.2, 0.25) is 0 Å². The number of amides is 1. The lowest BCUT2D eigenvalue weighted by atomic mass is 9.94. The Morgan fingerprint density at radius 3 is 2.29 bits per heavy atom. The number of halogens is 4. The first-order valence-electron chi connectivity index (χ1n) is 13.9. The first-order valence-corrected chi connectivity index (χ1v) is 15.6. The van der Waals surface area contributed by atoms with Crippen LogP contribution in [-0.4, -0.2) is 75.7 Å². The van der Waals surface area contributed by atoms with Gasteiger partial charge in [-0.1, -0.05) is 19.1 Å². The van der Waals surface area contributed by atoms with Gasteiger partial charge in [-0.25, -0.2) is 17.2 Å². The van der Waals surface area contributed by atoms with Gasteiger partial charge in [-0.2, -0.15) is 8.78 Å². The van der Waals surface area contributed by atoms with Crippen molar-refractivity contribution in [3.63, 3.8) is 0 Å². The Morgan fingerprint density at radius 2 is 1.71 bits per heavy atom. The number of hydrogen-bond acceptors (Lipinski definition) is 7. The van der Waals surface area contributed by atoms with Gasteiger partial charge in [-0.3, -0.25) is 4.79 Å². The molecule has 2 aromatic carbocycles. The van der Waals surface area contributed by atoms with Gasteiger partial charge in [0.25, 0.3) is 5.91 Å². The molecule has 1 amide bonds. The fourth-order valence-electron chi connectivity index (χ4n) is 5.41. The number of aliphatic hydroxyl groups is 1. The van der Waals surface area contributed by atoms with Crippen LogP contribution in [0.4, 0.5) is 23.2 Å². The lowest BCUT2D eigenvalue weighted by molar-refractivity contribution is -0.133. The molecule has 1 heterocycles. The number of benzene rings is 2. The van der Waals surface area contributed by atoms with Crippen molar-refractivity contribution in [3.05, 3.63) is 59.7 Å². The highest BCUT2D eigenvalue weighted by molar-refractivity contribution is 7.91. The van der Waals surface area contributed by atoms with Gasteiger partial charge in [0.05, 0.1) is 48.2 Å². The van der Waals surface area contributed by atoms with E-state index in [-0.39, 0.29) is 60.7 Å². The summed E-state index contributed by atoms with van der Waals surface area (Å²) in [5.74, 6) is -3.20. The average molecular weight is 617 g/mol. The number of rotatable bonds is 12. The molecule has 2 aliphatic rings. The maximum Gasteiger partial charge on any atom is 0.345 e. The maximum absolute atomic E-state index is 13.5. The molecule has 42 heavy (non-hydrogen) atoms. The van der Waals surface area contributed by atoms with Crippen molar-refractivity contribution in [1.82, 2.24) is 5.32 Å². The molecule has 0 bridgehead atoms. The van der Waals surface area contributed by atoms with Crippen LogP contribution in [0.25, 0.3) is 0 Å². The summed E-state index contributed by atoms with van der Waals surface area (Å²) in [6, 6.07) is 11.2. The van der Waals surface area contributed by atoms with E-state index in [9.17, 15) is 35.9 Å². The van der Waals surface area contributed by atoms with Crippen LogP contribution in [0, 0.1) is 0 Å². The van der Waals surface area contributed by atoms with Crippen LogP contribution in [0.3, 0.4) is 0 Å². The van der Waals surface area contributed by atoms with Crippen LogP contribution < -0.4 is 10.2 Å². The predicted molar refractivity (Wildman–Crippen MR) is 148 cm³/mol. The smallest absolute Gasteiger partial charge is 0.345 e. The molecule has 1 aliphatic carbocycles. The first kappa shape index (κ1) is 32.2. The van der Waals surface area contributed by atoms with Crippen LogP contribution in [0.1, 0.15) is 61.0 Å². The summed E-state index contributed by atoms with van der Waals surface area (Å²) in [5.41, 5.74) is 1.48. The van der Waals surface area contributed by atoms with Crippen LogP contribution >= 0.6 is 0 Å². The molecule has 1 unspecified atom stereocenters. The molecule has 4 rings (SSSR count). The van der Waals surface area contributed by atoms with Gasteiger partial charge in [0.15, 0.2) is 9.84 Å². The number of aliphatic hydroxyl groups excluding tert-OH is 1. The minimum atomic E-state index is -3.39. The zero-order chi connectivity index (χ0) is 30.5. The van der Waals surface area contributed by atoms with Crippen molar-refractivity contribution in [2.45, 2.75) is 80.7 Å². The number of nitrogens with one attached hydrogen (secondary N) is 1. The molecule has 232 valence electrons. The van der Waals surface area contributed by atoms with Gasteiger partial charge in [-0.15, -0.1) is 0 Å². The number of carbonyl (C=O) groups is 1. The van der Waals surface area contributed by atoms with Crippen LogP contribution in [0.15, 0.2) is 53.4 Å². The Balaban J connectivity index is 1.41. The summed E-state index contributed by atoms with van der Waals surface area (Å²) in [6.45, 7) is -1.71. The lowest BCUT2D eigenvalue weighted by Crippen LogP contribution is -2.35. The molecule has 1 saturated heterocycles. The van der Waals surface area contributed by atoms with Crippen LogP contribution in [0.5, 0.6) is 0 Å². The number of nitrogens with zero attached hydrogens (tertiary/aromatic N) is 1. The summed E-state index contributed by atoms with van der Waals surface area (Å²) in [5, 5.41) is 12.6. The molecule has 2 aromatic rings. The van der Waals surface area contributed by atoms with Gasteiger partial charge in [0.2, 0.25) is 5.92 Å². The number of ether oxygens (including phenoxy) is 2. The van der Waals surface area contributed by atoms with Crippen molar-refractivity contribution in [3.8, 4) is 0 Å². The van der Waals surface area contributed by atoms with Gasteiger partial charge in [0, 0.05) is 30.6 Å². The molecule has 0 spiro atoms. The molecular formula is C29H36F4N2O6S. The second-order valence-corrected chi connectivity index (χ2v) is 13.0. The Morgan fingerprint density at radius 1 is 1.07 bits per heavy atom. The normalized spacial score (nSPS) is 21.9. The highest BCUT2D eigenvalue weighted by Crippen LogP contribution is 2.36. The molecule has 8 nitrogen and oxygen atoms in total. The molecule has 2 fully saturated rings. The fourth-order valence-corrected chi connectivity index (χ4v) is 6.29. The lowest BCUT2D eigenvalue weighted by Gasteiger charge is -2.30. The first-order chi connectivity index (χ1) is 19.9. The van der Waals surface area contributed by atoms with E-state index in [4.69, 9.17) is 4.74 Å². The van der Waals surface area contributed by atoms with Crippen molar-refractivity contribution in [2.24, 2.45) is 0 Å². The van der Waals surface area contributed by atoms with Gasteiger partial charge in [0.1, 0.15) is 0 Å². The zero-order valence-electron chi connectivity index (χ0n) is 23.2. The highest BCUT2D eigenvalue weighted by Gasteiger charge is 2.39. The number of carbonyl (C=O) groups excluding carboxylic acids is 1. The average Bonchev–Trinajstić information content (AvgIpc) is 3.38. The highest BCUT2D eigenvalue weighted by atomic mass is 32.2. The Bertz CT molecular complexity index is 1280. The number of sulfone groups is 1. The largest absolute Gasteiger partial charge is 0.394 e. The summed E-state index contributed by atoms with van der Waals surface area (Å²) in [4.78, 5) is 15.0. The van der Waals surface area contributed by atoms with E-state index in [0.717, 1.165) is 0 Å². The van der Waals surface area contributed by atoms with E-state index in [1.807, 2.05) is 4.90 Å². The molecule has 1 aliphatic heterocycles. The number of anilines is 1. The molecule has 3 atom stereocenters. The molecular weight excluding hydrogens is 580 g/mol. The Hall–Kier alpha value is -2.74. The molecule has 0 aromatic heterocycles. The quantitative estimate of drug-likeness (QED) is 0.333. The second kappa shape index (κ2) is 13.7. The van der Waals surface area contributed by atoms with Gasteiger partial charge < -0.3 is 24.8 Å². The summed E-state index contributed by atoms with van der Waals surface area (Å²) in [7, 11) is -3.39. The van der Waals surface area contributed by atoms with E-state index in [2.05, 4.69) is 10.1 Å². The minimum Gasteiger partial charge on any atom is -0.394 e. The number of alkyl halides is 4. The second-order valence-electron chi connectivity index (χ2n) is 10.7. The molecule has 0 radical (unpaired) electrons. The van der Waals surface area contributed by atoms with Crippen LogP contribution in [-0.2, 0) is 19.3 Å². The third-order valence-corrected chi connectivity index (χ3v) is 9.56. The van der Waals surface area contributed by atoms with Crippen molar-refractivity contribution in [1.29, 1.82) is 0 Å². The van der Waals surface area contributed by atoms with Crippen molar-refractivity contribution < 1.29 is 45.4 Å². The Labute approximate surface area is 242 Å². The summed E-state index contributed by atoms with van der Waals surface area (Å²) in [6.07, 6.45) is -0.274. The maximum atomic E-state index is 13.5. The van der Waals surface area contributed by atoms with E-state index in [1.54, 1.807) is 43.3 Å². The Kier molecular flexibility index (Phi) is 10.5. The third-order valence-electron chi connectivity index (χ3n) is 7.81. The molecule has 1 saturated carbocycles. The SMILES string of the molecule is CCS(=O)(=O)c1ccc([C@H](CO)NC(=O)c2ccc(N3CC(OC4CCC(F)(F)CC4)C[C@H]3COC(F)F)cc2)cc1. The van der Waals surface area contributed by atoms with Gasteiger partial charge >= 0.3 is 6.61 Å². The number of hydrogen-bond donors (Lipinski definition) is 2.